The molecule has 1 N–H and O–H groups in total. The fourth-order valence-corrected chi connectivity index (χ4v) is 2.38. The molecule has 0 unspecified atom stereocenters. The van der Waals surface area contributed by atoms with Gasteiger partial charge in [-0.2, -0.15) is 0 Å². The van der Waals surface area contributed by atoms with E-state index in [4.69, 9.17) is 0 Å². The van der Waals surface area contributed by atoms with Crippen LogP contribution in [0.1, 0.15) is 29.8 Å². The molecule has 1 amide bonds. The highest BCUT2D eigenvalue weighted by molar-refractivity contribution is 9.10. The van der Waals surface area contributed by atoms with Gasteiger partial charge in [-0.25, -0.2) is 0 Å². The second kappa shape index (κ2) is 3.17. The van der Waals surface area contributed by atoms with E-state index in [1.807, 2.05) is 19.9 Å². The van der Waals surface area contributed by atoms with Gasteiger partial charge in [-0.05, 0) is 26.0 Å². The first kappa shape index (κ1) is 10.4. The zero-order valence-corrected chi connectivity index (χ0v) is 10.0. The minimum Gasteiger partial charge on any atom is -0.325 e. The van der Waals surface area contributed by atoms with Gasteiger partial charge >= 0.3 is 0 Å². The number of hydrogen-bond donors (Lipinski definition) is 1. The van der Waals surface area contributed by atoms with Crippen molar-refractivity contribution in [3.05, 3.63) is 27.7 Å². The van der Waals surface area contributed by atoms with E-state index in [9.17, 15) is 9.59 Å². The summed E-state index contributed by atoms with van der Waals surface area (Å²) in [5.41, 5.74) is 1.43. The molecule has 1 heterocycles. The Balaban J connectivity index is 2.75. The van der Waals surface area contributed by atoms with Gasteiger partial charge in [0.1, 0.15) is 6.29 Å². The molecule has 0 fully saturated rings. The molecule has 0 saturated carbocycles. The van der Waals surface area contributed by atoms with E-state index in [0.717, 1.165) is 22.0 Å². The summed E-state index contributed by atoms with van der Waals surface area (Å²) in [5, 5.41) is 2.78. The van der Waals surface area contributed by atoms with Crippen LogP contribution in [0.25, 0.3) is 0 Å². The lowest BCUT2D eigenvalue weighted by Gasteiger charge is -2.16. The molecule has 3 nitrogen and oxygen atoms in total. The van der Waals surface area contributed by atoms with Crippen LogP contribution in [-0.4, -0.2) is 12.2 Å². The van der Waals surface area contributed by atoms with Crippen molar-refractivity contribution in [3.8, 4) is 0 Å². The van der Waals surface area contributed by atoms with Gasteiger partial charge in [-0.3, -0.25) is 9.59 Å². The number of carbonyl (C=O) groups is 2. The predicted molar refractivity (Wildman–Crippen MR) is 61.2 cm³/mol. The number of benzene rings is 1. The zero-order chi connectivity index (χ0) is 11.2. The largest absolute Gasteiger partial charge is 0.325 e. The normalized spacial score (nSPS) is 17.1. The van der Waals surface area contributed by atoms with Gasteiger partial charge in [0.15, 0.2) is 0 Å². The Morgan fingerprint density at radius 3 is 2.67 bits per heavy atom. The number of carbonyl (C=O) groups excluding carboxylic acids is 2. The average Bonchev–Trinajstić information content (AvgIpc) is 2.36. The van der Waals surface area contributed by atoms with Crippen molar-refractivity contribution >= 4 is 33.8 Å². The number of anilines is 1. The smallest absolute Gasteiger partial charge is 0.234 e. The summed E-state index contributed by atoms with van der Waals surface area (Å²) >= 11 is 3.30. The molecule has 0 aromatic heterocycles. The van der Waals surface area contributed by atoms with Gasteiger partial charge in [0.05, 0.1) is 5.41 Å². The van der Waals surface area contributed by atoms with Crippen molar-refractivity contribution in [1.82, 2.24) is 0 Å². The third-order valence-electron chi connectivity index (χ3n) is 2.70. The van der Waals surface area contributed by atoms with Crippen LogP contribution in [0.5, 0.6) is 0 Å². The van der Waals surface area contributed by atoms with Crippen molar-refractivity contribution < 1.29 is 9.59 Å². The number of rotatable bonds is 1. The lowest BCUT2D eigenvalue weighted by Crippen LogP contribution is -2.27. The van der Waals surface area contributed by atoms with Crippen LogP contribution in [0.3, 0.4) is 0 Å². The molecule has 1 aliphatic rings. The number of fused-ring (bicyclic) bond motifs is 1. The van der Waals surface area contributed by atoms with Crippen LogP contribution in [0.15, 0.2) is 16.6 Å². The zero-order valence-electron chi connectivity index (χ0n) is 8.43. The van der Waals surface area contributed by atoms with Crippen LogP contribution in [-0.2, 0) is 10.2 Å². The van der Waals surface area contributed by atoms with Gasteiger partial charge in [0.25, 0.3) is 0 Å². The fourth-order valence-electron chi connectivity index (χ4n) is 1.91. The highest BCUT2D eigenvalue weighted by atomic mass is 79.9. The minimum atomic E-state index is -0.633. The van der Waals surface area contributed by atoms with Gasteiger partial charge in [0.2, 0.25) is 5.91 Å². The topological polar surface area (TPSA) is 46.2 Å². The summed E-state index contributed by atoms with van der Waals surface area (Å²) in [7, 11) is 0. The third-order valence-corrected chi connectivity index (χ3v) is 3.16. The molecule has 0 atom stereocenters. The summed E-state index contributed by atoms with van der Waals surface area (Å²) in [6.07, 6.45) is 0.783. The SMILES string of the molecule is CC1(C)C(=O)Nc2cc(Br)cc(C=O)c21. The summed E-state index contributed by atoms with van der Waals surface area (Å²) in [4.78, 5) is 22.6. The first-order valence-corrected chi connectivity index (χ1v) is 5.37. The molecule has 0 spiro atoms. The highest BCUT2D eigenvalue weighted by Crippen LogP contribution is 2.40. The Labute approximate surface area is 96.0 Å². The van der Waals surface area contributed by atoms with Gasteiger partial charge in [0, 0.05) is 21.3 Å². The molecule has 1 aromatic carbocycles. The Bertz CT molecular complexity index is 466. The van der Waals surface area contributed by atoms with Crippen molar-refractivity contribution in [2.24, 2.45) is 0 Å². The van der Waals surface area contributed by atoms with E-state index in [1.165, 1.54) is 0 Å². The van der Waals surface area contributed by atoms with E-state index in [-0.39, 0.29) is 5.91 Å². The molecule has 0 bridgehead atoms. The van der Waals surface area contributed by atoms with Crippen LogP contribution < -0.4 is 5.32 Å². The number of amides is 1. The Kier molecular flexibility index (Phi) is 2.19. The Morgan fingerprint density at radius 2 is 2.07 bits per heavy atom. The molecule has 0 saturated heterocycles. The fraction of sp³-hybridized carbons (Fsp3) is 0.273. The number of hydrogen-bond acceptors (Lipinski definition) is 2. The maximum Gasteiger partial charge on any atom is 0.234 e. The van der Waals surface area contributed by atoms with Crippen molar-refractivity contribution in [3.63, 3.8) is 0 Å². The van der Waals surface area contributed by atoms with Crippen molar-refractivity contribution in [2.75, 3.05) is 5.32 Å². The lowest BCUT2D eigenvalue weighted by molar-refractivity contribution is -0.119. The molecule has 4 heteroatoms. The number of aldehydes is 1. The average molecular weight is 268 g/mol. The van der Waals surface area contributed by atoms with Crippen LogP contribution in [0, 0.1) is 0 Å². The van der Waals surface area contributed by atoms with Crippen LogP contribution >= 0.6 is 15.9 Å². The van der Waals surface area contributed by atoms with Crippen LogP contribution in [0.2, 0.25) is 0 Å². The molecule has 0 radical (unpaired) electrons. The van der Waals surface area contributed by atoms with Gasteiger partial charge in [-0.15, -0.1) is 0 Å². The van der Waals surface area contributed by atoms with Gasteiger partial charge in [-0.1, -0.05) is 15.9 Å². The molecular formula is C11H10BrNO2. The summed E-state index contributed by atoms with van der Waals surface area (Å²) in [6, 6.07) is 3.54. The third kappa shape index (κ3) is 1.40. The molecule has 1 aromatic rings. The molecule has 2 rings (SSSR count). The minimum absolute atomic E-state index is 0.0706. The molecule has 1 aliphatic heterocycles. The maximum atomic E-state index is 11.7. The second-order valence-electron chi connectivity index (χ2n) is 4.11. The van der Waals surface area contributed by atoms with Crippen molar-refractivity contribution in [1.29, 1.82) is 0 Å². The van der Waals surface area contributed by atoms with E-state index in [0.29, 0.717) is 5.56 Å². The Morgan fingerprint density at radius 1 is 1.40 bits per heavy atom. The monoisotopic (exact) mass is 267 g/mol. The lowest BCUT2D eigenvalue weighted by atomic mass is 9.83. The van der Waals surface area contributed by atoms with Crippen molar-refractivity contribution in [2.45, 2.75) is 19.3 Å². The van der Waals surface area contributed by atoms with E-state index >= 15 is 0 Å². The maximum absolute atomic E-state index is 11.7. The van der Waals surface area contributed by atoms with E-state index in [2.05, 4.69) is 21.2 Å². The summed E-state index contributed by atoms with van der Waals surface area (Å²) in [5.74, 6) is -0.0706. The highest BCUT2D eigenvalue weighted by Gasteiger charge is 2.40. The van der Waals surface area contributed by atoms with E-state index in [1.54, 1.807) is 6.07 Å². The first-order chi connectivity index (χ1) is 6.96. The summed E-state index contributed by atoms with van der Waals surface area (Å²) < 4.78 is 0.793. The quantitative estimate of drug-likeness (QED) is 0.795. The molecule has 15 heavy (non-hydrogen) atoms. The molecule has 78 valence electrons. The first-order valence-electron chi connectivity index (χ1n) is 4.57. The van der Waals surface area contributed by atoms with Crippen LogP contribution in [0.4, 0.5) is 5.69 Å². The standard InChI is InChI=1S/C11H10BrNO2/c1-11(2)9-6(5-14)3-7(12)4-8(9)13-10(11)15/h3-5H,1-2H3,(H,13,15). The number of halogens is 1. The molecule has 0 aliphatic carbocycles. The predicted octanol–water partition coefficient (Wildman–Crippen LogP) is 2.49. The summed E-state index contributed by atoms with van der Waals surface area (Å²) in [6.45, 7) is 3.63. The van der Waals surface area contributed by atoms with Gasteiger partial charge < -0.3 is 5.32 Å². The Hall–Kier alpha value is -1.16. The molecular weight excluding hydrogens is 258 g/mol. The number of nitrogens with one attached hydrogen (secondary N) is 1. The second-order valence-corrected chi connectivity index (χ2v) is 5.03. The van der Waals surface area contributed by atoms with E-state index < -0.39 is 5.41 Å².